The first kappa shape index (κ1) is 18.6. The van der Waals surface area contributed by atoms with Crippen molar-refractivity contribution in [3.05, 3.63) is 40.8 Å². The number of amides is 1. The Morgan fingerprint density at radius 3 is 2.73 bits per heavy atom. The van der Waals surface area contributed by atoms with E-state index in [0.29, 0.717) is 18.8 Å². The zero-order valence-electron chi connectivity index (χ0n) is 14.8. The van der Waals surface area contributed by atoms with Crippen molar-refractivity contribution in [3.63, 3.8) is 0 Å². The molecule has 0 bridgehead atoms. The maximum Gasteiger partial charge on any atom is 0.240 e. The van der Waals surface area contributed by atoms with Crippen LogP contribution in [-0.2, 0) is 4.79 Å². The summed E-state index contributed by atoms with van der Waals surface area (Å²) in [6, 6.07) is 9.37. The minimum atomic E-state index is -0.573. The summed E-state index contributed by atoms with van der Waals surface area (Å²) in [5, 5.41) is 9.33. The van der Waals surface area contributed by atoms with Gasteiger partial charge in [-0.05, 0) is 30.0 Å². The van der Waals surface area contributed by atoms with Crippen molar-refractivity contribution in [3.8, 4) is 17.3 Å². The van der Waals surface area contributed by atoms with Crippen LogP contribution in [0.2, 0.25) is 0 Å². The number of likely N-dealkylation sites (tertiary alicyclic amines) is 1. The van der Waals surface area contributed by atoms with Gasteiger partial charge in [-0.15, -0.1) is 0 Å². The van der Waals surface area contributed by atoms with E-state index in [0.717, 1.165) is 15.7 Å². The number of imidazole rings is 1. The molecule has 1 aliphatic rings. The van der Waals surface area contributed by atoms with Gasteiger partial charge in [0.25, 0.3) is 0 Å². The van der Waals surface area contributed by atoms with Crippen LogP contribution >= 0.6 is 15.9 Å². The summed E-state index contributed by atoms with van der Waals surface area (Å²) in [6.45, 7) is 4.25. The molecule has 0 radical (unpaired) electrons. The number of rotatable bonds is 4. The highest BCUT2D eigenvalue weighted by Gasteiger charge is 2.40. The predicted molar refractivity (Wildman–Crippen MR) is 103 cm³/mol. The van der Waals surface area contributed by atoms with Gasteiger partial charge in [-0.1, -0.05) is 41.9 Å². The maximum atomic E-state index is 12.8. The molecular weight excluding hydrogens is 394 g/mol. The molecule has 0 spiro atoms. The van der Waals surface area contributed by atoms with Gasteiger partial charge in [-0.2, -0.15) is 5.26 Å². The number of halogens is 1. The molecule has 7 heteroatoms. The van der Waals surface area contributed by atoms with E-state index in [2.05, 4.69) is 32.0 Å². The third-order valence-electron chi connectivity index (χ3n) is 4.84. The zero-order chi connectivity index (χ0) is 18.8. The number of nitrogens with zero attached hydrogens (tertiary/aromatic N) is 3. The van der Waals surface area contributed by atoms with Crippen LogP contribution < -0.4 is 5.73 Å². The van der Waals surface area contributed by atoms with Crippen LogP contribution in [0.3, 0.4) is 0 Å². The summed E-state index contributed by atoms with van der Waals surface area (Å²) >= 11 is 3.43. The minimum Gasteiger partial charge on any atom is -0.340 e. The summed E-state index contributed by atoms with van der Waals surface area (Å²) < 4.78 is 1.01. The van der Waals surface area contributed by atoms with E-state index in [1.807, 2.05) is 38.1 Å². The summed E-state index contributed by atoms with van der Waals surface area (Å²) in [5.74, 6) is 0.415. The molecule has 3 atom stereocenters. The van der Waals surface area contributed by atoms with Crippen LogP contribution in [0.1, 0.15) is 32.1 Å². The smallest absolute Gasteiger partial charge is 0.240 e. The van der Waals surface area contributed by atoms with Crippen molar-refractivity contribution >= 4 is 21.8 Å². The predicted octanol–water partition coefficient (Wildman–Crippen LogP) is 3.24. The maximum absolute atomic E-state index is 12.8. The van der Waals surface area contributed by atoms with E-state index in [9.17, 15) is 10.1 Å². The topological polar surface area (TPSA) is 98.8 Å². The third kappa shape index (κ3) is 3.67. The van der Waals surface area contributed by atoms with Gasteiger partial charge in [-0.25, -0.2) is 4.98 Å². The van der Waals surface area contributed by atoms with E-state index >= 15 is 0 Å². The lowest BCUT2D eigenvalue weighted by Crippen LogP contribution is -2.46. The first-order chi connectivity index (χ1) is 12.4. The van der Waals surface area contributed by atoms with Gasteiger partial charge in [0.2, 0.25) is 5.91 Å². The molecule has 1 saturated heterocycles. The number of hydrogen-bond acceptors (Lipinski definition) is 4. The SMILES string of the molecule is CC(C)C(N)C(=O)N1CC(C#N)CC1c1ncc(-c2ccc(Br)cc2)[nH]1. The average molecular weight is 416 g/mol. The molecular formula is C19H22BrN5O. The van der Waals surface area contributed by atoms with E-state index in [-0.39, 0.29) is 23.8 Å². The van der Waals surface area contributed by atoms with Crippen LogP contribution in [-0.4, -0.2) is 33.4 Å². The highest BCUT2D eigenvalue weighted by molar-refractivity contribution is 9.10. The number of nitrogens with one attached hydrogen (secondary N) is 1. The summed E-state index contributed by atoms with van der Waals surface area (Å²) in [5.41, 5.74) is 7.96. The van der Waals surface area contributed by atoms with Crippen molar-refractivity contribution in [1.82, 2.24) is 14.9 Å². The number of carbonyl (C=O) groups is 1. The Labute approximate surface area is 161 Å². The van der Waals surface area contributed by atoms with Crippen molar-refractivity contribution in [2.24, 2.45) is 17.6 Å². The fraction of sp³-hybridized carbons (Fsp3) is 0.421. The zero-order valence-corrected chi connectivity index (χ0v) is 16.4. The van der Waals surface area contributed by atoms with Crippen LogP contribution in [0, 0.1) is 23.2 Å². The summed E-state index contributed by atoms with van der Waals surface area (Å²) in [4.78, 5) is 22.3. The van der Waals surface area contributed by atoms with E-state index in [1.165, 1.54) is 0 Å². The second-order valence-corrected chi connectivity index (χ2v) is 7.94. The Kier molecular flexibility index (Phi) is 5.44. The van der Waals surface area contributed by atoms with Crippen LogP contribution in [0.4, 0.5) is 0 Å². The van der Waals surface area contributed by atoms with Gasteiger partial charge < -0.3 is 15.6 Å². The van der Waals surface area contributed by atoms with Crippen LogP contribution in [0.5, 0.6) is 0 Å². The Balaban J connectivity index is 1.87. The summed E-state index contributed by atoms with van der Waals surface area (Å²) in [7, 11) is 0. The van der Waals surface area contributed by atoms with Crippen molar-refractivity contribution < 1.29 is 4.79 Å². The second-order valence-electron chi connectivity index (χ2n) is 7.03. The molecule has 2 heterocycles. The highest BCUT2D eigenvalue weighted by Crippen LogP contribution is 2.35. The number of aromatic nitrogens is 2. The summed E-state index contributed by atoms with van der Waals surface area (Å²) in [6.07, 6.45) is 2.34. The van der Waals surface area contributed by atoms with Gasteiger partial charge in [-0.3, -0.25) is 4.79 Å². The van der Waals surface area contributed by atoms with Gasteiger partial charge in [0.1, 0.15) is 5.82 Å². The van der Waals surface area contributed by atoms with Crippen molar-refractivity contribution in [2.45, 2.75) is 32.4 Å². The van der Waals surface area contributed by atoms with Crippen LogP contribution in [0.25, 0.3) is 11.3 Å². The molecule has 3 rings (SSSR count). The number of carbonyl (C=O) groups excluding carboxylic acids is 1. The van der Waals surface area contributed by atoms with Gasteiger partial charge in [0, 0.05) is 11.0 Å². The van der Waals surface area contributed by atoms with Gasteiger partial charge in [0.15, 0.2) is 0 Å². The Hall–Kier alpha value is -2.17. The molecule has 3 N–H and O–H groups in total. The van der Waals surface area contributed by atoms with E-state index in [4.69, 9.17) is 5.73 Å². The first-order valence-corrected chi connectivity index (χ1v) is 9.46. The highest BCUT2D eigenvalue weighted by atomic mass is 79.9. The molecule has 2 aromatic rings. The molecule has 6 nitrogen and oxygen atoms in total. The second kappa shape index (κ2) is 7.60. The number of benzene rings is 1. The lowest BCUT2D eigenvalue weighted by Gasteiger charge is -2.27. The standard InChI is InChI=1S/C19H22BrN5O/c1-11(2)17(22)19(26)25-10-12(8-21)7-16(25)18-23-9-15(24-18)13-3-5-14(20)6-4-13/h3-6,9,11-12,16-17H,7,10,22H2,1-2H3,(H,23,24). The van der Waals surface area contributed by atoms with Gasteiger partial charge in [0.05, 0.1) is 36.0 Å². The molecule has 1 amide bonds. The van der Waals surface area contributed by atoms with E-state index < -0.39 is 6.04 Å². The molecule has 0 aliphatic carbocycles. The number of hydrogen-bond donors (Lipinski definition) is 2. The van der Waals surface area contributed by atoms with E-state index in [1.54, 1.807) is 11.1 Å². The fourth-order valence-electron chi connectivity index (χ4n) is 3.19. The Bertz CT molecular complexity index is 823. The molecule has 136 valence electrons. The minimum absolute atomic E-state index is 0.0409. The molecule has 1 aromatic carbocycles. The molecule has 26 heavy (non-hydrogen) atoms. The fourth-order valence-corrected chi connectivity index (χ4v) is 3.46. The number of nitrogens with two attached hydrogens (primary N) is 1. The van der Waals surface area contributed by atoms with Gasteiger partial charge >= 0.3 is 0 Å². The quantitative estimate of drug-likeness (QED) is 0.800. The first-order valence-electron chi connectivity index (χ1n) is 8.67. The Morgan fingerprint density at radius 2 is 2.12 bits per heavy atom. The molecule has 1 aliphatic heterocycles. The third-order valence-corrected chi connectivity index (χ3v) is 5.37. The monoisotopic (exact) mass is 415 g/mol. The molecule has 3 unspecified atom stereocenters. The lowest BCUT2D eigenvalue weighted by molar-refractivity contribution is -0.134. The van der Waals surface area contributed by atoms with Crippen LogP contribution in [0.15, 0.2) is 34.9 Å². The number of H-pyrrole nitrogens is 1. The molecule has 1 aromatic heterocycles. The van der Waals surface area contributed by atoms with Crippen molar-refractivity contribution in [1.29, 1.82) is 5.26 Å². The lowest BCUT2D eigenvalue weighted by atomic mass is 10.0. The average Bonchev–Trinajstić information content (AvgIpc) is 3.27. The largest absolute Gasteiger partial charge is 0.340 e. The van der Waals surface area contributed by atoms with Crippen molar-refractivity contribution in [2.75, 3.05) is 6.54 Å². The molecule has 0 saturated carbocycles. The number of nitriles is 1. The Morgan fingerprint density at radius 1 is 1.42 bits per heavy atom. The molecule has 1 fully saturated rings. The number of aromatic amines is 1. The normalized spacial score (nSPS) is 21.0.